The van der Waals surface area contributed by atoms with Crippen molar-refractivity contribution < 1.29 is 9.53 Å². The first kappa shape index (κ1) is 18.4. The number of benzene rings is 2. The zero-order chi connectivity index (χ0) is 19.4. The van der Waals surface area contributed by atoms with Crippen molar-refractivity contribution in [3.8, 4) is 5.75 Å². The molecule has 1 heterocycles. The number of carbonyl (C=O) groups excluding carboxylic acids is 1. The van der Waals surface area contributed by atoms with Gasteiger partial charge in [-0.05, 0) is 55.7 Å². The van der Waals surface area contributed by atoms with E-state index in [2.05, 4.69) is 20.6 Å². The fraction of sp³-hybridized carbons (Fsp3) is 0.190. The number of methoxy groups -OCH3 is 1. The van der Waals surface area contributed by atoms with E-state index in [1.165, 1.54) is 12.4 Å². The highest BCUT2D eigenvalue weighted by atomic mass is 16.5. The van der Waals surface area contributed by atoms with Gasteiger partial charge >= 0.3 is 0 Å². The monoisotopic (exact) mass is 362 g/mol. The molecule has 0 unspecified atom stereocenters. The summed E-state index contributed by atoms with van der Waals surface area (Å²) in [5, 5.41) is 6.02. The maximum atomic E-state index is 12.5. The summed E-state index contributed by atoms with van der Waals surface area (Å²) < 4.78 is 5.29. The van der Waals surface area contributed by atoms with Gasteiger partial charge in [-0.2, -0.15) is 0 Å². The molecule has 0 fully saturated rings. The van der Waals surface area contributed by atoms with Gasteiger partial charge in [0.2, 0.25) is 5.95 Å². The van der Waals surface area contributed by atoms with Crippen molar-refractivity contribution in [2.45, 2.75) is 20.8 Å². The third kappa shape index (κ3) is 4.41. The van der Waals surface area contributed by atoms with E-state index in [1.807, 2.05) is 57.2 Å². The smallest absolute Gasteiger partial charge is 0.258 e. The number of amides is 1. The molecule has 3 aromatic rings. The van der Waals surface area contributed by atoms with Crippen LogP contribution >= 0.6 is 0 Å². The Balaban J connectivity index is 1.74. The minimum atomic E-state index is -0.294. The van der Waals surface area contributed by atoms with Gasteiger partial charge in [0.15, 0.2) is 0 Å². The molecule has 0 aliphatic heterocycles. The molecule has 6 heteroatoms. The molecule has 0 atom stereocenters. The molecule has 0 saturated carbocycles. The molecular weight excluding hydrogens is 340 g/mol. The first-order valence-corrected chi connectivity index (χ1v) is 8.58. The normalized spacial score (nSPS) is 10.4. The van der Waals surface area contributed by atoms with Crippen molar-refractivity contribution in [3.05, 3.63) is 71.0 Å². The molecule has 0 radical (unpaired) electrons. The van der Waals surface area contributed by atoms with Crippen molar-refractivity contribution in [1.82, 2.24) is 9.97 Å². The van der Waals surface area contributed by atoms with Crippen LogP contribution < -0.4 is 15.4 Å². The molecule has 0 aliphatic carbocycles. The topological polar surface area (TPSA) is 76.1 Å². The number of rotatable bonds is 5. The molecule has 27 heavy (non-hydrogen) atoms. The summed E-state index contributed by atoms with van der Waals surface area (Å²) in [5.41, 5.74) is 5.18. The van der Waals surface area contributed by atoms with Crippen LogP contribution in [-0.4, -0.2) is 23.0 Å². The van der Waals surface area contributed by atoms with Crippen LogP contribution in [0.3, 0.4) is 0 Å². The molecular formula is C21H22N4O2. The maximum Gasteiger partial charge on any atom is 0.258 e. The zero-order valence-electron chi connectivity index (χ0n) is 15.8. The average Bonchev–Trinajstić information content (AvgIpc) is 2.65. The van der Waals surface area contributed by atoms with Crippen molar-refractivity contribution >= 4 is 23.2 Å². The molecule has 0 saturated heterocycles. The highest BCUT2D eigenvalue weighted by Gasteiger charge is 2.11. The number of nitrogens with zero attached hydrogens (tertiary/aromatic N) is 2. The molecule has 2 N–H and O–H groups in total. The maximum absolute atomic E-state index is 12.5. The fourth-order valence-electron chi connectivity index (χ4n) is 2.61. The quantitative estimate of drug-likeness (QED) is 0.703. The Bertz CT molecular complexity index is 968. The first-order chi connectivity index (χ1) is 13.0. The second-order valence-corrected chi connectivity index (χ2v) is 6.40. The van der Waals surface area contributed by atoms with Gasteiger partial charge in [0.05, 0.1) is 18.4 Å². The van der Waals surface area contributed by atoms with E-state index in [0.717, 1.165) is 22.4 Å². The lowest BCUT2D eigenvalue weighted by Crippen LogP contribution is -2.14. The molecule has 0 aliphatic rings. The Hall–Kier alpha value is -3.41. The molecule has 3 rings (SSSR count). The van der Waals surface area contributed by atoms with Gasteiger partial charge < -0.3 is 15.4 Å². The van der Waals surface area contributed by atoms with Crippen LogP contribution in [0.2, 0.25) is 0 Å². The summed E-state index contributed by atoms with van der Waals surface area (Å²) in [5.74, 6) is 0.744. The third-order valence-electron chi connectivity index (χ3n) is 4.16. The molecule has 1 aromatic heterocycles. The Morgan fingerprint density at radius 1 is 0.926 bits per heavy atom. The van der Waals surface area contributed by atoms with E-state index < -0.39 is 0 Å². The van der Waals surface area contributed by atoms with Gasteiger partial charge in [0.1, 0.15) is 5.75 Å². The standard InChI is InChI=1S/C21H22N4O2/c1-13-5-7-15(3)17(9-13)25-21-22-11-16(12-23-21)20(26)24-18-10-14(2)6-8-19(18)27-4/h5-12H,1-4H3,(H,24,26)(H,22,23,25). The van der Waals surface area contributed by atoms with Crippen molar-refractivity contribution in [2.75, 3.05) is 17.7 Å². The van der Waals surface area contributed by atoms with Crippen molar-refractivity contribution in [3.63, 3.8) is 0 Å². The van der Waals surface area contributed by atoms with Gasteiger partial charge in [-0.1, -0.05) is 18.2 Å². The lowest BCUT2D eigenvalue weighted by atomic mass is 10.1. The minimum Gasteiger partial charge on any atom is -0.495 e. The molecule has 6 nitrogen and oxygen atoms in total. The summed E-state index contributed by atoms with van der Waals surface area (Å²) in [7, 11) is 1.57. The highest BCUT2D eigenvalue weighted by molar-refractivity contribution is 6.04. The summed E-state index contributed by atoms with van der Waals surface area (Å²) in [6.45, 7) is 5.99. The Labute approximate surface area is 158 Å². The van der Waals surface area contributed by atoms with Gasteiger partial charge in [0.25, 0.3) is 5.91 Å². The number of anilines is 3. The number of carbonyl (C=O) groups is 1. The number of hydrogen-bond acceptors (Lipinski definition) is 5. The summed E-state index contributed by atoms with van der Waals surface area (Å²) in [6.07, 6.45) is 3.00. The number of ether oxygens (including phenoxy) is 1. The van der Waals surface area contributed by atoms with Crippen LogP contribution in [0.1, 0.15) is 27.0 Å². The average molecular weight is 362 g/mol. The van der Waals surface area contributed by atoms with Gasteiger partial charge in [-0.15, -0.1) is 0 Å². The van der Waals surface area contributed by atoms with Crippen LogP contribution in [0.4, 0.5) is 17.3 Å². The van der Waals surface area contributed by atoms with Crippen LogP contribution in [0.25, 0.3) is 0 Å². The lowest BCUT2D eigenvalue weighted by molar-refractivity contribution is 0.102. The fourth-order valence-corrected chi connectivity index (χ4v) is 2.61. The van der Waals surface area contributed by atoms with E-state index in [1.54, 1.807) is 7.11 Å². The predicted octanol–water partition coefficient (Wildman–Crippen LogP) is 4.41. The van der Waals surface area contributed by atoms with Gasteiger partial charge in [-0.25, -0.2) is 9.97 Å². The summed E-state index contributed by atoms with van der Waals surface area (Å²) >= 11 is 0. The zero-order valence-corrected chi connectivity index (χ0v) is 15.8. The second kappa shape index (κ2) is 7.86. The molecule has 0 bridgehead atoms. The predicted molar refractivity (Wildman–Crippen MR) is 107 cm³/mol. The Morgan fingerprint density at radius 2 is 1.56 bits per heavy atom. The van der Waals surface area contributed by atoms with E-state index in [4.69, 9.17) is 4.74 Å². The molecule has 2 aromatic carbocycles. The SMILES string of the molecule is COc1ccc(C)cc1NC(=O)c1cnc(Nc2cc(C)ccc2C)nc1. The molecule has 0 spiro atoms. The van der Waals surface area contributed by atoms with Gasteiger partial charge in [0, 0.05) is 18.1 Å². The van der Waals surface area contributed by atoms with E-state index >= 15 is 0 Å². The van der Waals surface area contributed by atoms with Gasteiger partial charge in [-0.3, -0.25) is 4.79 Å². The highest BCUT2D eigenvalue weighted by Crippen LogP contribution is 2.26. The first-order valence-electron chi connectivity index (χ1n) is 8.58. The third-order valence-corrected chi connectivity index (χ3v) is 4.16. The van der Waals surface area contributed by atoms with E-state index in [-0.39, 0.29) is 5.91 Å². The number of aryl methyl sites for hydroxylation is 3. The second-order valence-electron chi connectivity index (χ2n) is 6.40. The van der Waals surface area contributed by atoms with E-state index in [9.17, 15) is 4.79 Å². The van der Waals surface area contributed by atoms with Crippen molar-refractivity contribution in [1.29, 1.82) is 0 Å². The minimum absolute atomic E-state index is 0.294. The van der Waals surface area contributed by atoms with Crippen LogP contribution in [0.5, 0.6) is 5.75 Å². The largest absolute Gasteiger partial charge is 0.495 e. The summed E-state index contributed by atoms with van der Waals surface area (Å²) in [4.78, 5) is 21.0. The summed E-state index contributed by atoms with van der Waals surface area (Å²) in [6, 6.07) is 11.7. The molecule has 138 valence electrons. The number of hydrogen-bond donors (Lipinski definition) is 2. The van der Waals surface area contributed by atoms with Crippen LogP contribution in [-0.2, 0) is 0 Å². The van der Waals surface area contributed by atoms with Crippen LogP contribution in [0, 0.1) is 20.8 Å². The Kier molecular flexibility index (Phi) is 5.35. The number of aromatic nitrogens is 2. The lowest BCUT2D eigenvalue weighted by Gasteiger charge is -2.11. The Morgan fingerprint density at radius 3 is 2.22 bits per heavy atom. The number of nitrogens with one attached hydrogen (secondary N) is 2. The molecule has 1 amide bonds. The van der Waals surface area contributed by atoms with Crippen molar-refractivity contribution in [2.24, 2.45) is 0 Å². The van der Waals surface area contributed by atoms with Crippen LogP contribution in [0.15, 0.2) is 48.8 Å². The van der Waals surface area contributed by atoms with E-state index in [0.29, 0.717) is 22.9 Å².